The number of methoxy groups -OCH3 is 1. The molecule has 0 saturated heterocycles. The lowest BCUT2D eigenvalue weighted by atomic mass is 9.93. The minimum absolute atomic E-state index is 0.0291. The van der Waals surface area contributed by atoms with Crippen molar-refractivity contribution in [2.24, 2.45) is 0 Å². The number of furan rings is 1. The maximum absolute atomic E-state index is 12.4. The van der Waals surface area contributed by atoms with Crippen molar-refractivity contribution in [3.63, 3.8) is 0 Å². The first-order chi connectivity index (χ1) is 15.2. The molecule has 31 heavy (non-hydrogen) atoms. The average Bonchev–Trinajstić information content (AvgIpc) is 3.49. The van der Waals surface area contributed by atoms with Gasteiger partial charge < -0.3 is 14.5 Å². The first-order valence-electron chi connectivity index (χ1n) is 9.98. The Morgan fingerprint density at radius 2 is 1.90 bits per heavy atom. The molecular formula is C23H21N5O3. The molecule has 2 aromatic heterocycles. The topological polar surface area (TPSA) is 94.2 Å². The summed E-state index contributed by atoms with van der Waals surface area (Å²) in [6.45, 7) is 0. The van der Waals surface area contributed by atoms with Crippen LogP contribution in [0, 0.1) is 0 Å². The summed E-state index contributed by atoms with van der Waals surface area (Å²) in [5, 5.41) is 10.7. The predicted molar refractivity (Wildman–Crippen MR) is 115 cm³/mol. The summed E-state index contributed by atoms with van der Waals surface area (Å²) < 4.78 is 12.3. The van der Waals surface area contributed by atoms with E-state index in [1.807, 2.05) is 47.1 Å². The SMILES string of the molecule is COc1ccc(C2CC(c3ccccc3)n3nc(NC(=O)c4ccco4)nc3N2)cc1. The second kappa shape index (κ2) is 7.98. The number of carbonyl (C=O) groups excluding carboxylic acids is 1. The van der Waals surface area contributed by atoms with E-state index in [4.69, 9.17) is 9.15 Å². The highest BCUT2D eigenvalue weighted by Gasteiger charge is 2.31. The number of nitrogens with one attached hydrogen (secondary N) is 2. The van der Waals surface area contributed by atoms with Crippen LogP contribution in [0.5, 0.6) is 5.75 Å². The van der Waals surface area contributed by atoms with Crippen molar-refractivity contribution in [1.29, 1.82) is 0 Å². The van der Waals surface area contributed by atoms with Gasteiger partial charge >= 0.3 is 0 Å². The van der Waals surface area contributed by atoms with Crippen molar-refractivity contribution < 1.29 is 13.9 Å². The molecule has 1 aliphatic heterocycles. The van der Waals surface area contributed by atoms with Crippen molar-refractivity contribution in [1.82, 2.24) is 14.8 Å². The zero-order chi connectivity index (χ0) is 21.2. The summed E-state index contributed by atoms with van der Waals surface area (Å²) in [7, 11) is 1.65. The van der Waals surface area contributed by atoms with Crippen LogP contribution in [-0.4, -0.2) is 27.8 Å². The van der Waals surface area contributed by atoms with Crippen molar-refractivity contribution in [3.8, 4) is 5.75 Å². The number of carbonyl (C=O) groups is 1. The number of benzene rings is 2. The zero-order valence-corrected chi connectivity index (χ0v) is 16.9. The quantitative estimate of drug-likeness (QED) is 0.505. The van der Waals surface area contributed by atoms with Gasteiger partial charge in [-0.2, -0.15) is 4.98 Å². The molecule has 156 valence electrons. The normalized spacial score (nSPS) is 17.5. The third-order valence-corrected chi connectivity index (χ3v) is 5.36. The van der Waals surface area contributed by atoms with Crippen LogP contribution < -0.4 is 15.4 Å². The maximum atomic E-state index is 12.4. The predicted octanol–water partition coefficient (Wildman–Crippen LogP) is 4.28. The van der Waals surface area contributed by atoms with E-state index in [1.165, 1.54) is 6.26 Å². The third kappa shape index (κ3) is 3.75. The number of ether oxygens (including phenoxy) is 1. The van der Waals surface area contributed by atoms with E-state index in [-0.39, 0.29) is 23.8 Å². The molecule has 0 bridgehead atoms. The molecule has 1 aliphatic rings. The van der Waals surface area contributed by atoms with Crippen LogP contribution in [-0.2, 0) is 0 Å². The summed E-state index contributed by atoms with van der Waals surface area (Å²) >= 11 is 0. The molecule has 8 nitrogen and oxygen atoms in total. The molecule has 2 N–H and O–H groups in total. The molecule has 0 aliphatic carbocycles. The van der Waals surface area contributed by atoms with Crippen LogP contribution in [0.3, 0.4) is 0 Å². The number of hydrogen-bond acceptors (Lipinski definition) is 6. The number of hydrogen-bond donors (Lipinski definition) is 2. The minimum Gasteiger partial charge on any atom is -0.497 e. The van der Waals surface area contributed by atoms with Gasteiger partial charge in [-0.3, -0.25) is 10.1 Å². The molecule has 5 rings (SSSR count). The summed E-state index contributed by atoms with van der Waals surface area (Å²) in [6, 6.07) is 21.4. The molecular weight excluding hydrogens is 394 g/mol. The summed E-state index contributed by atoms with van der Waals surface area (Å²) in [6.07, 6.45) is 2.23. The van der Waals surface area contributed by atoms with Gasteiger partial charge in [0.2, 0.25) is 5.95 Å². The van der Waals surface area contributed by atoms with Gasteiger partial charge in [0.25, 0.3) is 11.9 Å². The van der Waals surface area contributed by atoms with Gasteiger partial charge in [-0.05, 0) is 41.8 Å². The second-order valence-electron chi connectivity index (χ2n) is 7.27. The maximum Gasteiger partial charge on any atom is 0.293 e. The lowest BCUT2D eigenvalue weighted by Crippen LogP contribution is -2.28. The van der Waals surface area contributed by atoms with E-state index in [0.717, 1.165) is 23.3 Å². The number of nitrogens with zero attached hydrogens (tertiary/aromatic N) is 3. The van der Waals surface area contributed by atoms with Crippen molar-refractivity contribution >= 4 is 17.8 Å². The fourth-order valence-corrected chi connectivity index (χ4v) is 3.81. The summed E-state index contributed by atoms with van der Waals surface area (Å²) in [5.41, 5.74) is 2.25. The van der Waals surface area contributed by atoms with E-state index in [9.17, 15) is 4.79 Å². The number of rotatable bonds is 5. The highest BCUT2D eigenvalue weighted by Crippen LogP contribution is 2.38. The smallest absolute Gasteiger partial charge is 0.293 e. The summed E-state index contributed by atoms with van der Waals surface area (Å²) in [4.78, 5) is 16.9. The molecule has 8 heteroatoms. The Hall–Kier alpha value is -4.07. The molecule has 3 heterocycles. The van der Waals surface area contributed by atoms with Crippen molar-refractivity contribution in [2.75, 3.05) is 17.7 Å². The fourth-order valence-electron chi connectivity index (χ4n) is 3.81. The summed E-state index contributed by atoms with van der Waals surface area (Å²) in [5.74, 6) is 1.44. The average molecular weight is 415 g/mol. The first-order valence-corrected chi connectivity index (χ1v) is 9.98. The third-order valence-electron chi connectivity index (χ3n) is 5.36. The van der Waals surface area contributed by atoms with Crippen LogP contribution >= 0.6 is 0 Å². The molecule has 2 aromatic carbocycles. The molecule has 0 radical (unpaired) electrons. The Bertz CT molecular complexity index is 1170. The Morgan fingerprint density at radius 1 is 1.10 bits per heavy atom. The van der Waals surface area contributed by atoms with E-state index < -0.39 is 5.91 Å². The molecule has 0 saturated carbocycles. The van der Waals surface area contributed by atoms with E-state index in [2.05, 4.69) is 32.8 Å². The molecule has 1 amide bonds. The number of anilines is 2. The van der Waals surface area contributed by atoms with Crippen LogP contribution in [0.25, 0.3) is 0 Å². The fraction of sp³-hybridized carbons (Fsp3) is 0.174. The van der Waals surface area contributed by atoms with Crippen molar-refractivity contribution in [3.05, 3.63) is 89.9 Å². The Morgan fingerprint density at radius 3 is 2.61 bits per heavy atom. The molecule has 0 spiro atoms. The Labute approximate surface area is 178 Å². The van der Waals surface area contributed by atoms with Gasteiger partial charge in [-0.15, -0.1) is 5.10 Å². The number of fused-ring (bicyclic) bond motifs is 1. The Balaban J connectivity index is 1.48. The second-order valence-corrected chi connectivity index (χ2v) is 7.27. The van der Waals surface area contributed by atoms with Gasteiger partial charge in [0.1, 0.15) is 5.75 Å². The van der Waals surface area contributed by atoms with Crippen molar-refractivity contribution in [2.45, 2.75) is 18.5 Å². The number of aromatic nitrogens is 3. The molecule has 2 unspecified atom stereocenters. The lowest BCUT2D eigenvalue weighted by Gasteiger charge is -2.31. The monoisotopic (exact) mass is 415 g/mol. The van der Waals surface area contributed by atoms with E-state index in [1.54, 1.807) is 19.2 Å². The molecule has 0 fully saturated rings. The van der Waals surface area contributed by atoms with Gasteiger partial charge in [-0.1, -0.05) is 42.5 Å². The van der Waals surface area contributed by atoms with Crippen LogP contribution in [0.1, 0.15) is 40.2 Å². The van der Waals surface area contributed by atoms with Crippen LogP contribution in [0.4, 0.5) is 11.9 Å². The van der Waals surface area contributed by atoms with Crippen LogP contribution in [0.15, 0.2) is 77.4 Å². The molecule has 2 atom stereocenters. The highest BCUT2D eigenvalue weighted by molar-refractivity contribution is 6.01. The number of amides is 1. The van der Waals surface area contributed by atoms with E-state index in [0.29, 0.717) is 5.95 Å². The Kier molecular flexibility index (Phi) is 4.87. The zero-order valence-electron chi connectivity index (χ0n) is 16.9. The standard InChI is InChI=1S/C23H21N5O3/c1-30-17-11-9-15(10-12-17)18-14-19(16-6-3-2-4-7-16)28-23(24-18)26-22(27-28)25-21(29)20-8-5-13-31-20/h2-13,18-19H,14H2,1H3,(H2,24,25,26,27,29). The van der Waals surface area contributed by atoms with Gasteiger partial charge in [0.05, 0.1) is 25.5 Å². The largest absolute Gasteiger partial charge is 0.497 e. The van der Waals surface area contributed by atoms with Gasteiger partial charge in [0.15, 0.2) is 5.76 Å². The van der Waals surface area contributed by atoms with E-state index >= 15 is 0 Å². The highest BCUT2D eigenvalue weighted by atomic mass is 16.5. The minimum atomic E-state index is -0.393. The molecule has 4 aromatic rings. The van der Waals surface area contributed by atoms with Crippen LogP contribution in [0.2, 0.25) is 0 Å². The first kappa shape index (κ1) is 18.9. The van der Waals surface area contributed by atoms with Gasteiger partial charge in [0, 0.05) is 0 Å². The lowest BCUT2D eigenvalue weighted by molar-refractivity contribution is 0.0995. The van der Waals surface area contributed by atoms with Gasteiger partial charge in [-0.25, -0.2) is 4.68 Å².